The van der Waals surface area contributed by atoms with E-state index in [2.05, 4.69) is 10.0 Å². The van der Waals surface area contributed by atoms with Crippen LogP contribution in [0.3, 0.4) is 0 Å². The predicted octanol–water partition coefficient (Wildman–Crippen LogP) is 4.28. The van der Waals surface area contributed by atoms with Crippen molar-refractivity contribution >= 4 is 38.9 Å². The van der Waals surface area contributed by atoms with E-state index in [1.54, 1.807) is 30.3 Å². The number of unbranched alkanes of at least 4 members (excludes halogenated alkanes) is 1. The molecule has 0 radical (unpaired) electrons. The standard InChI is InChI=1S/C18H21ClN2O4S/c1-3-4-5-18(22)20-15-10-11-16(25-2)17(12-15)26(23,24)21-14-8-6-13(19)7-9-14/h6-12,21H,3-5H2,1-2H3,(H,20,22). The minimum Gasteiger partial charge on any atom is -0.495 e. The SMILES string of the molecule is CCCCC(=O)Nc1ccc(OC)c(S(=O)(=O)Nc2ccc(Cl)cc2)c1. The second-order valence-corrected chi connectivity index (χ2v) is 7.72. The topological polar surface area (TPSA) is 84.5 Å². The largest absolute Gasteiger partial charge is 0.495 e. The van der Waals surface area contributed by atoms with Gasteiger partial charge in [0.25, 0.3) is 10.0 Å². The molecule has 140 valence electrons. The maximum atomic E-state index is 12.7. The Morgan fingerprint density at radius 1 is 1.12 bits per heavy atom. The molecule has 2 N–H and O–H groups in total. The molecule has 0 heterocycles. The number of carbonyl (C=O) groups is 1. The summed E-state index contributed by atoms with van der Waals surface area (Å²) in [6.07, 6.45) is 2.06. The van der Waals surface area contributed by atoms with Crippen LogP contribution in [0.4, 0.5) is 11.4 Å². The predicted molar refractivity (Wildman–Crippen MR) is 103 cm³/mol. The fourth-order valence-electron chi connectivity index (χ4n) is 2.25. The maximum Gasteiger partial charge on any atom is 0.265 e. The molecular weight excluding hydrogens is 376 g/mol. The molecule has 2 aromatic rings. The molecule has 0 fully saturated rings. The summed E-state index contributed by atoms with van der Waals surface area (Å²) in [6, 6.07) is 10.8. The summed E-state index contributed by atoms with van der Waals surface area (Å²) in [7, 11) is -2.53. The fraction of sp³-hybridized carbons (Fsp3) is 0.278. The van der Waals surface area contributed by atoms with Crippen molar-refractivity contribution in [2.24, 2.45) is 0 Å². The van der Waals surface area contributed by atoms with E-state index in [4.69, 9.17) is 16.3 Å². The van der Waals surface area contributed by atoms with Gasteiger partial charge in [0, 0.05) is 22.8 Å². The first kappa shape index (κ1) is 20.1. The maximum absolute atomic E-state index is 12.7. The average Bonchev–Trinajstić information content (AvgIpc) is 2.61. The van der Waals surface area contributed by atoms with Gasteiger partial charge in [0.2, 0.25) is 5.91 Å². The normalized spacial score (nSPS) is 11.0. The quantitative estimate of drug-likeness (QED) is 0.697. The summed E-state index contributed by atoms with van der Waals surface area (Å²) in [5, 5.41) is 3.21. The number of halogens is 1. The number of benzene rings is 2. The Morgan fingerprint density at radius 2 is 1.77 bits per heavy atom. The highest BCUT2D eigenvalue weighted by Crippen LogP contribution is 2.29. The van der Waals surface area contributed by atoms with Crippen molar-refractivity contribution in [3.63, 3.8) is 0 Å². The molecule has 0 aromatic heterocycles. The zero-order valence-corrected chi connectivity index (χ0v) is 16.2. The molecule has 0 bridgehead atoms. The van der Waals surface area contributed by atoms with Crippen LogP contribution in [0, 0.1) is 0 Å². The first-order valence-corrected chi connectivity index (χ1v) is 9.98. The van der Waals surface area contributed by atoms with E-state index < -0.39 is 10.0 Å². The van der Waals surface area contributed by atoms with E-state index >= 15 is 0 Å². The zero-order valence-electron chi connectivity index (χ0n) is 14.6. The minimum absolute atomic E-state index is 0.0664. The molecule has 0 saturated heterocycles. The third kappa shape index (κ3) is 5.37. The van der Waals surface area contributed by atoms with Crippen LogP contribution in [0.2, 0.25) is 5.02 Å². The van der Waals surface area contributed by atoms with Gasteiger partial charge in [-0.25, -0.2) is 8.42 Å². The van der Waals surface area contributed by atoms with Gasteiger partial charge in [0.05, 0.1) is 7.11 Å². The van der Waals surface area contributed by atoms with Crippen LogP contribution in [0.5, 0.6) is 5.75 Å². The number of anilines is 2. The number of ether oxygens (including phenoxy) is 1. The first-order chi connectivity index (χ1) is 12.4. The lowest BCUT2D eigenvalue weighted by Crippen LogP contribution is -2.16. The molecule has 0 aliphatic carbocycles. The van der Waals surface area contributed by atoms with Gasteiger partial charge in [-0.1, -0.05) is 24.9 Å². The lowest BCUT2D eigenvalue weighted by Gasteiger charge is -2.14. The summed E-state index contributed by atoms with van der Waals surface area (Å²) in [5.41, 5.74) is 0.761. The zero-order chi connectivity index (χ0) is 19.2. The van der Waals surface area contributed by atoms with Gasteiger partial charge >= 0.3 is 0 Å². The summed E-state index contributed by atoms with van der Waals surface area (Å²) in [6.45, 7) is 1.99. The molecule has 0 atom stereocenters. The van der Waals surface area contributed by atoms with E-state index in [1.807, 2.05) is 6.92 Å². The van der Waals surface area contributed by atoms with Gasteiger partial charge in [-0.3, -0.25) is 9.52 Å². The molecule has 2 aromatic carbocycles. The molecule has 6 nitrogen and oxygen atoms in total. The third-order valence-electron chi connectivity index (χ3n) is 3.59. The summed E-state index contributed by atoms with van der Waals surface area (Å²) in [4.78, 5) is 11.8. The second-order valence-electron chi connectivity index (χ2n) is 5.63. The number of rotatable bonds is 8. The van der Waals surface area contributed by atoms with Crippen LogP contribution in [0.25, 0.3) is 0 Å². The number of methoxy groups -OCH3 is 1. The number of hydrogen-bond acceptors (Lipinski definition) is 4. The van der Waals surface area contributed by atoms with Crippen LogP contribution >= 0.6 is 11.6 Å². The van der Waals surface area contributed by atoms with Crippen molar-refractivity contribution in [1.29, 1.82) is 0 Å². The molecule has 0 aliphatic heterocycles. The molecule has 0 unspecified atom stereocenters. The van der Waals surface area contributed by atoms with Crippen molar-refractivity contribution in [3.8, 4) is 5.75 Å². The summed E-state index contributed by atoms with van der Waals surface area (Å²) >= 11 is 5.82. The van der Waals surface area contributed by atoms with Crippen LogP contribution in [0.15, 0.2) is 47.4 Å². The Morgan fingerprint density at radius 3 is 2.38 bits per heavy atom. The van der Waals surface area contributed by atoms with Crippen LogP contribution in [-0.4, -0.2) is 21.4 Å². The van der Waals surface area contributed by atoms with Gasteiger partial charge in [-0.2, -0.15) is 0 Å². The van der Waals surface area contributed by atoms with Gasteiger partial charge < -0.3 is 10.1 Å². The highest BCUT2D eigenvalue weighted by atomic mass is 35.5. The van der Waals surface area contributed by atoms with Gasteiger partial charge in [-0.05, 0) is 48.9 Å². The van der Waals surface area contributed by atoms with E-state index in [9.17, 15) is 13.2 Å². The fourth-order valence-corrected chi connectivity index (χ4v) is 3.63. The molecule has 1 amide bonds. The minimum atomic E-state index is -3.91. The smallest absolute Gasteiger partial charge is 0.265 e. The van der Waals surface area contributed by atoms with Crippen LogP contribution < -0.4 is 14.8 Å². The summed E-state index contributed by atoms with van der Waals surface area (Å²) in [5.74, 6) is 0.0176. The molecule has 26 heavy (non-hydrogen) atoms. The second kappa shape index (κ2) is 8.91. The van der Waals surface area contributed by atoms with Gasteiger partial charge in [0.1, 0.15) is 10.6 Å². The van der Waals surface area contributed by atoms with Crippen molar-refractivity contribution in [3.05, 3.63) is 47.5 Å². The number of nitrogens with one attached hydrogen (secondary N) is 2. The number of hydrogen-bond donors (Lipinski definition) is 2. The van der Waals surface area contributed by atoms with E-state index in [-0.39, 0.29) is 16.6 Å². The monoisotopic (exact) mass is 396 g/mol. The average molecular weight is 397 g/mol. The lowest BCUT2D eigenvalue weighted by atomic mass is 10.2. The Kier molecular flexibility index (Phi) is 6.88. The Labute approximate surface area is 158 Å². The Hall–Kier alpha value is -2.25. The first-order valence-electron chi connectivity index (χ1n) is 8.12. The molecular formula is C18H21ClN2O4S. The molecule has 0 saturated carbocycles. The summed E-state index contributed by atoms with van der Waals surface area (Å²) < 4.78 is 33.1. The van der Waals surface area contributed by atoms with Crippen molar-refractivity contribution < 1.29 is 17.9 Å². The molecule has 2 rings (SSSR count). The lowest BCUT2D eigenvalue weighted by molar-refractivity contribution is -0.116. The van der Waals surface area contributed by atoms with E-state index in [1.165, 1.54) is 19.2 Å². The van der Waals surface area contributed by atoms with Crippen LogP contribution in [0.1, 0.15) is 26.2 Å². The number of amides is 1. The molecule has 0 spiro atoms. The number of carbonyl (C=O) groups excluding carboxylic acids is 1. The van der Waals surface area contributed by atoms with Crippen LogP contribution in [-0.2, 0) is 14.8 Å². The van der Waals surface area contributed by atoms with Crippen molar-refractivity contribution in [1.82, 2.24) is 0 Å². The highest BCUT2D eigenvalue weighted by molar-refractivity contribution is 7.92. The Bertz CT molecular complexity index is 867. The molecule has 0 aliphatic rings. The molecule has 8 heteroatoms. The highest BCUT2D eigenvalue weighted by Gasteiger charge is 2.21. The van der Waals surface area contributed by atoms with Crippen molar-refractivity contribution in [2.75, 3.05) is 17.1 Å². The van der Waals surface area contributed by atoms with E-state index in [0.29, 0.717) is 22.8 Å². The Balaban J connectivity index is 2.28. The number of sulfonamides is 1. The van der Waals surface area contributed by atoms with Crippen molar-refractivity contribution in [2.45, 2.75) is 31.1 Å². The van der Waals surface area contributed by atoms with Gasteiger partial charge in [0.15, 0.2) is 0 Å². The van der Waals surface area contributed by atoms with Gasteiger partial charge in [-0.15, -0.1) is 0 Å². The van der Waals surface area contributed by atoms with E-state index in [0.717, 1.165) is 12.8 Å². The third-order valence-corrected chi connectivity index (χ3v) is 5.25.